The standard InChI is InChI=1S/C56H95N3O15/c1-16-43-56(11,66)48(63)35(4)45(61)33(2)30-53(8,68-14)50(36(5)47(37(6)51(65)71-43)74-55(10)32-54(9,69-15)49(64)38(7)73-55)72-52-46(62)42(29-34(3)70-52)58(12)27-25-44(60)57-26-18-17-19-39-20-22-40(23-21-39)59-28-24-41(31-59)67-13/h20-23,33-38,41-43,46-50,52,62-64,66H,16-19,24-32H2,1-15H3,(H,57,60)/t33-,34-,35+,36+,37-,38+,41-,42+,43-,46-,47+,48-,49+,50-,52-,53-,54-,55?,56-/m1/s1. The van der Waals surface area contributed by atoms with Gasteiger partial charge in [-0.25, -0.2) is 0 Å². The van der Waals surface area contributed by atoms with Gasteiger partial charge in [0.2, 0.25) is 5.91 Å². The van der Waals surface area contributed by atoms with Crippen molar-refractivity contribution in [3.63, 3.8) is 0 Å². The second-order valence-corrected chi connectivity index (χ2v) is 23.1. The summed E-state index contributed by atoms with van der Waals surface area (Å²) in [7, 11) is 6.63. The molecule has 19 atom stereocenters. The molecule has 1 unspecified atom stereocenters. The molecular formula is C56H95N3O15. The maximum atomic E-state index is 14.6. The second kappa shape index (κ2) is 26.2. The number of anilines is 1. The van der Waals surface area contributed by atoms with Crippen molar-refractivity contribution < 1.29 is 72.7 Å². The molecule has 4 aliphatic heterocycles. The van der Waals surface area contributed by atoms with Gasteiger partial charge in [-0.05, 0) is 118 Å². The molecule has 0 bridgehead atoms. The Balaban J connectivity index is 1.34. The number of esters is 1. The molecule has 5 rings (SSSR count). The van der Waals surface area contributed by atoms with E-state index in [1.807, 2.05) is 25.8 Å². The fourth-order valence-corrected chi connectivity index (χ4v) is 12.2. The number of carbonyl (C=O) groups excluding carboxylic acids is 3. The highest BCUT2D eigenvalue weighted by atomic mass is 16.7. The van der Waals surface area contributed by atoms with Gasteiger partial charge in [0.25, 0.3) is 0 Å². The minimum absolute atomic E-state index is 0.0524. The van der Waals surface area contributed by atoms with Crippen LogP contribution in [-0.4, -0.2) is 187 Å². The fraction of sp³-hybridized carbons (Fsp3) is 0.839. The van der Waals surface area contributed by atoms with E-state index in [1.54, 1.807) is 62.5 Å². The predicted octanol–water partition coefficient (Wildman–Crippen LogP) is 4.95. The number of ketones is 1. The Bertz CT molecular complexity index is 1960. The summed E-state index contributed by atoms with van der Waals surface area (Å²) in [5.74, 6) is -6.37. The van der Waals surface area contributed by atoms with Gasteiger partial charge >= 0.3 is 5.97 Å². The number of hydrogen-bond acceptors (Lipinski definition) is 17. The van der Waals surface area contributed by atoms with Gasteiger partial charge in [0.1, 0.15) is 29.7 Å². The van der Waals surface area contributed by atoms with Gasteiger partial charge in [0.15, 0.2) is 12.1 Å². The van der Waals surface area contributed by atoms with Crippen molar-refractivity contribution in [2.45, 2.75) is 224 Å². The Morgan fingerprint density at radius 3 is 2.19 bits per heavy atom. The van der Waals surface area contributed by atoms with Crippen LogP contribution in [0.25, 0.3) is 0 Å². The molecule has 0 radical (unpaired) electrons. The van der Waals surface area contributed by atoms with Crippen LogP contribution in [0.15, 0.2) is 24.3 Å². The molecule has 4 aliphatic rings. The number of cyclic esters (lactones) is 1. The lowest BCUT2D eigenvalue weighted by molar-refractivity contribution is -0.356. The number of likely N-dealkylation sites (N-methyl/N-ethyl adjacent to an activating group) is 1. The van der Waals surface area contributed by atoms with Crippen LogP contribution in [0.1, 0.15) is 133 Å². The first kappa shape index (κ1) is 62.0. The van der Waals surface area contributed by atoms with Crippen LogP contribution >= 0.6 is 0 Å². The number of aliphatic hydroxyl groups is 4. The molecule has 5 N–H and O–H groups in total. The third-order valence-corrected chi connectivity index (χ3v) is 17.1. The average Bonchev–Trinajstić information content (AvgIpc) is 3.86. The number of Topliss-reactive ketones (excluding diaryl/α,β-unsaturated/α-hetero) is 1. The van der Waals surface area contributed by atoms with Crippen LogP contribution in [0.3, 0.4) is 0 Å². The summed E-state index contributed by atoms with van der Waals surface area (Å²) in [6.45, 7) is 21.5. The third-order valence-electron chi connectivity index (χ3n) is 17.1. The second-order valence-electron chi connectivity index (χ2n) is 23.1. The number of nitrogens with one attached hydrogen (secondary N) is 1. The summed E-state index contributed by atoms with van der Waals surface area (Å²) < 4.78 is 50.7. The summed E-state index contributed by atoms with van der Waals surface area (Å²) >= 11 is 0. The molecular weight excluding hydrogens is 955 g/mol. The number of hydrogen-bond donors (Lipinski definition) is 5. The highest BCUT2D eigenvalue weighted by Crippen LogP contribution is 2.45. The molecule has 4 heterocycles. The Morgan fingerprint density at radius 1 is 0.919 bits per heavy atom. The number of aliphatic hydroxyl groups excluding tert-OH is 3. The normalized spacial score (nSPS) is 41.0. The van der Waals surface area contributed by atoms with Gasteiger partial charge in [-0.15, -0.1) is 0 Å². The molecule has 4 saturated heterocycles. The quantitative estimate of drug-likeness (QED) is 0.0969. The van der Waals surface area contributed by atoms with E-state index in [0.29, 0.717) is 19.5 Å². The lowest BCUT2D eigenvalue weighted by Crippen LogP contribution is -2.63. The Labute approximate surface area is 441 Å². The summed E-state index contributed by atoms with van der Waals surface area (Å²) in [6.07, 6.45) is -4.74. The minimum atomic E-state index is -2.01. The van der Waals surface area contributed by atoms with E-state index in [1.165, 1.54) is 32.4 Å². The molecule has 424 valence electrons. The molecule has 0 aromatic heterocycles. The van der Waals surface area contributed by atoms with Gasteiger partial charge in [0.05, 0.1) is 53.7 Å². The summed E-state index contributed by atoms with van der Waals surface area (Å²) in [5, 5.41) is 50.0. The largest absolute Gasteiger partial charge is 0.459 e. The van der Waals surface area contributed by atoms with Gasteiger partial charge in [-0.2, -0.15) is 0 Å². The zero-order valence-electron chi connectivity index (χ0n) is 47.3. The lowest BCUT2D eigenvalue weighted by atomic mass is 9.73. The fourth-order valence-electron chi connectivity index (χ4n) is 12.2. The third kappa shape index (κ3) is 14.6. The maximum Gasteiger partial charge on any atom is 0.311 e. The van der Waals surface area contributed by atoms with E-state index in [9.17, 15) is 34.8 Å². The number of methoxy groups -OCH3 is 3. The van der Waals surface area contributed by atoms with Gasteiger partial charge < -0.3 is 73.4 Å². The number of carbonyl (C=O) groups is 3. The lowest BCUT2D eigenvalue weighted by Gasteiger charge is -2.52. The molecule has 1 amide bonds. The monoisotopic (exact) mass is 1050 g/mol. The van der Waals surface area contributed by atoms with Crippen molar-refractivity contribution in [3.8, 4) is 0 Å². The molecule has 18 nitrogen and oxygen atoms in total. The molecule has 0 spiro atoms. The molecule has 1 aromatic carbocycles. The van der Waals surface area contributed by atoms with Crippen LogP contribution in [-0.2, 0) is 58.7 Å². The molecule has 18 heteroatoms. The van der Waals surface area contributed by atoms with E-state index in [-0.39, 0.29) is 43.5 Å². The number of benzene rings is 1. The van der Waals surface area contributed by atoms with Crippen LogP contribution in [0.5, 0.6) is 0 Å². The molecule has 74 heavy (non-hydrogen) atoms. The number of nitrogens with zero attached hydrogens (tertiary/aromatic N) is 2. The van der Waals surface area contributed by atoms with Crippen molar-refractivity contribution in [3.05, 3.63) is 29.8 Å². The topological polar surface area (TPSA) is 224 Å². The van der Waals surface area contributed by atoms with E-state index < -0.39 is 113 Å². The summed E-state index contributed by atoms with van der Waals surface area (Å²) in [5.41, 5.74) is -2.00. The van der Waals surface area contributed by atoms with Crippen molar-refractivity contribution in [1.29, 1.82) is 0 Å². The van der Waals surface area contributed by atoms with E-state index in [4.69, 9.17) is 37.9 Å². The minimum Gasteiger partial charge on any atom is -0.459 e. The van der Waals surface area contributed by atoms with Crippen LogP contribution in [0.2, 0.25) is 0 Å². The van der Waals surface area contributed by atoms with E-state index >= 15 is 0 Å². The molecule has 0 saturated carbocycles. The van der Waals surface area contributed by atoms with E-state index in [0.717, 1.165) is 38.8 Å². The first-order chi connectivity index (χ1) is 34.7. The number of rotatable bonds is 18. The predicted molar refractivity (Wildman–Crippen MR) is 279 cm³/mol. The molecule has 1 aromatic rings. The van der Waals surface area contributed by atoms with Crippen LogP contribution in [0.4, 0.5) is 5.69 Å². The number of ether oxygens (including phenoxy) is 8. The van der Waals surface area contributed by atoms with Crippen molar-refractivity contribution in [2.24, 2.45) is 23.7 Å². The van der Waals surface area contributed by atoms with Crippen LogP contribution < -0.4 is 10.2 Å². The SMILES string of the molecule is CC[C@H]1OC(=O)[C@H](C)[C@@H](OC2(C)C[C@@](C)(OC)[C@@H](O)[C@H](C)O2)[C@H](C)[C@@H](O[C@H]2O[C@H](C)C[C@H](N(C)CCC(=O)NCCCCc3ccc(N4CC[C@@H](OC)C4)cc3)[C@H]2O)[C@](C)(OC)C[C@@H](C)C(=O)[C@H](C)[C@@H](O)[C@]1(C)O. The van der Waals surface area contributed by atoms with Crippen LogP contribution in [0, 0.1) is 23.7 Å². The maximum absolute atomic E-state index is 14.6. The number of amides is 1. The molecule has 0 aliphatic carbocycles. The first-order valence-electron chi connectivity index (χ1n) is 27.3. The Hall–Kier alpha value is -2.85. The van der Waals surface area contributed by atoms with Crippen molar-refractivity contribution in [1.82, 2.24) is 10.2 Å². The number of aryl methyl sites for hydroxylation is 1. The highest BCUT2D eigenvalue weighted by molar-refractivity contribution is 5.83. The van der Waals surface area contributed by atoms with Crippen molar-refractivity contribution in [2.75, 3.05) is 59.5 Å². The van der Waals surface area contributed by atoms with Gasteiger partial charge in [-0.3, -0.25) is 14.4 Å². The highest BCUT2D eigenvalue weighted by Gasteiger charge is 2.56. The first-order valence-corrected chi connectivity index (χ1v) is 27.3. The Morgan fingerprint density at radius 2 is 1.58 bits per heavy atom. The zero-order chi connectivity index (χ0) is 55.1. The summed E-state index contributed by atoms with van der Waals surface area (Å²) in [4.78, 5) is 46.3. The van der Waals surface area contributed by atoms with Gasteiger partial charge in [-0.1, -0.05) is 39.8 Å². The van der Waals surface area contributed by atoms with Gasteiger partial charge in [0, 0.05) is 89.8 Å². The number of unbranched alkanes of at least 4 members (excludes halogenated alkanes) is 1. The average molecular weight is 1050 g/mol. The molecule has 4 fully saturated rings. The van der Waals surface area contributed by atoms with Crippen molar-refractivity contribution >= 4 is 23.3 Å². The summed E-state index contributed by atoms with van der Waals surface area (Å²) in [6, 6.07) is 8.22. The zero-order valence-corrected chi connectivity index (χ0v) is 47.3. The van der Waals surface area contributed by atoms with E-state index in [2.05, 4.69) is 34.5 Å². The Kier molecular flexibility index (Phi) is 22.0. The smallest absolute Gasteiger partial charge is 0.311 e.